The Morgan fingerprint density at radius 2 is 1.53 bits per heavy atom. The summed E-state index contributed by atoms with van der Waals surface area (Å²) in [6, 6.07) is 24.3. The number of hydrogen-bond acceptors (Lipinski definition) is 4. The molecule has 0 unspecified atom stereocenters. The summed E-state index contributed by atoms with van der Waals surface area (Å²) in [5, 5.41) is 2.15. The normalized spacial score (nSPS) is 11.5. The lowest BCUT2D eigenvalue weighted by molar-refractivity contribution is 0.620. The van der Waals surface area contributed by atoms with E-state index in [2.05, 4.69) is 62.3 Å². The van der Waals surface area contributed by atoms with Gasteiger partial charge in [-0.2, -0.15) is 0 Å². The Morgan fingerprint density at radius 3 is 2.47 bits per heavy atom. The highest BCUT2D eigenvalue weighted by molar-refractivity contribution is 9.10. The average Bonchev–Trinajstić information content (AvgIpc) is 3.23. The van der Waals surface area contributed by atoms with E-state index in [0.29, 0.717) is 5.89 Å². The van der Waals surface area contributed by atoms with Gasteiger partial charge in [0.2, 0.25) is 5.89 Å². The highest BCUT2D eigenvalue weighted by atomic mass is 79.9. The number of oxazole rings is 1. The summed E-state index contributed by atoms with van der Waals surface area (Å²) in [6.45, 7) is 0. The number of fused-ring (bicyclic) bond motifs is 4. The standard InChI is InChI=1S/C25H14BrN3O/c26-20-12-17(11-18(13-20)25-29-21-5-1-2-6-22(21)30-25)19-10-16-8-7-15-4-3-9-27-23(15)24(16)28-14-19/h1-14H. The van der Waals surface area contributed by atoms with Gasteiger partial charge in [0.05, 0.1) is 11.0 Å². The van der Waals surface area contributed by atoms with Crippen molar-refractivity contribution in [2.24, 2.45) is 0 Å². The number of hydrogen-bond donors (Lipinski definition) is 0. The van der Waals surface area contributed by atoms with Crippen molar-refractivity contribution in [3.05, 3.63) is 89.7 Å². The molecule has 6 aromatic rings. The zero-order valence-corrected chi connectivity index (χ0v) is 17.3. The van der Waals surface area contributed by atoms with E-state index in [9.17, 15) is 0 Å². The Bertz CT molecular complexity index is 1540. The molecule has 0 spiro atoms. The minimum atomic E-state index is 0.600. The van der Waals surface area contributed by atoms with Gasteiger partial charge in [0.15, 0.2) is 5.58 Å². The third kappa shape index (κ3) is 2.86. The van der Waals surface area contributed by atoms with Crippen LogP contribution >= 0.6 is 15.9 Å². The number of nitrogens with zero attached hydrogens (tertiary/aromatic N) is 3. The van der Waals surface area contributed by atoms with Crippen LogP contribution in [-0.4, -0.2) is 15.0 Å². The fraction of sp³-hybridized carbons (Fsp3) is 0. The predicted octanol–water partition coefficient (Wildman–Crippen LogP) is 7.02. The molecule has 3 heterocycles. The van der Waals surface area contributed by atoms with Gasteiger partial charge in [-0.3, -0.25) is 9.97 Å². The summed E-state index contributed by atoms with van der Waals surface area (Å²) in [5.74, 6) is 0.600. The van der Waals surface area contributed by atoms with Crippen LogP contribution in [-0.2, 0) is 0 Å². The first kappa shape index (κ1) is 17.3. The van der Waals surface area contributed by atoms with Crippen molar-refractivity contribution in [2.45, 2.75) is 0 Å². The number of para-hydroxylation sites is 2. The monoisotopic (exact) mass is 451 g/mol. The molecule has 5 heteroatoms. The number of rotatable bonds is 2. The summed E-state index contributed by atoms with van der Waals surface area (Å²) in [6.07, 6.45) is 3.70. The van der Waals surface area contributed by atoms with Crippen LogP contribution in [0.1, 0.15) is 0 Å². The number of benzene rings is 3. The summed E-state index contributed by atoms with van der Waals surface area (Å²) >= 11 is 3.63. The third-order valence-corrected chi connectivity index (χ3v) is 5.65. The minimum absolute atomic E-state index is 0.600. The van der Waals surface area contributed by atoms with Gasteiger partial charge < -0.3 is 4.42 Å². The van der Waals surface area contributed by atoms with E-state index in [1.165, 1.54) is 0 Å². The van der Waals surface area contributed by atoms with E-state index < -0.39 is 0 Å². The molecule has 0 aliphatic rings. The lowest BCUT2D eigenvalue weighted by Gasteiger charge is -2.08. The molecule has 0 saturated heterocycles. The van der Waals surface area contributed by atoms with Gasteiger partial charge in [-0.1, -0.05) is 46.3 Å². The van der Waals surface area contributed by atoms with Crippen LogP contribution in [0.5, 0.6) is 0 Å². The van der Waals surface area contributed by atoms with Crippen LogP contribution in [0.2, 0.25) is 0 Å². The van der Waals surface area contributed by atoms with E-state index in [0.717, 1.165) is 54.1 Å². The van der Waals surface area contributed by atoms with Crippen molar-refractivity contribution in [1.29, 1.82) is 0 Å². The number of pyridine rings is 2. The first-order valence-electron chi connectivity index (χ1n) is 9.55. The molecule has 142 valence electrons. The Kier molecular flexibility index (Phi) is 3.89. The topological polar surface area (TPSA) is 51.8 Å². The third-order valence-electron chi connectivity index (χ3n) is 5.19. The number of aromatic nitrogens is 3. The molecule has 3 aromatic carbocycles. The smallest absolute Gasteiger partial charge is 0.227 e. The van der Waals surface area contributed by atoms with Crippen LogP contribution in [0.4, 0.5) is 0 Å². The van der Waals surface area contributed by atoms with Crippen LogP contribution in [0, 0.1) is 0 Å². The molecule has 0 bridgehead atoms. The highest BCUT2D eigenvalue weighted by Gasteiger charge is 2.12. The van der Waals surface area contributed by atoms with Gasteiger partial charge in [0.25, 0.3) is 0 Å². The second kappa shape index (κ2) is 6.75. The molecule has 0 saturated carbocycles. The van der Waals surface area contributed by atoms with Gasteiger partial charge >= 0.3 is 0 Å². The molecule has 0 fully saturated rings. The largest absolute Gasteiger partial charge is 0.436 e. The maximum absolute atomic E-state index is 5.96. The van der Waals surface area contributed by atoms with E-state index >= 15 is 0 Å². The van der Waals surface area contributed by atoms with Gasteiger partial charge in [-0.05, 0) is 48.0 Å². The van der Waals surface area contributed by atoms with E-state index in [4.69, 9.17) is 9.40 Å². The Balaban J connectivity index is 1.50. The molecule has 0 aliphatic carbocycles. The average molecular weight is 452 g/mol. The lowest BCUT2D eigenvalue weighted by Crippen LogP contribution is -1.88. The van der Waals surface area contributed by atoms with Gasteiger partial charge in [-0.15, -0.1) is 0 Å². The van der Waals surface area contributed by atoms with Crippen molar-refractivity contribution < 1.29 is 4.42 Å². The molecule has 6 rings (SSSR count). The Labute approximate surface area is 180 Å². The zero-order chi connectivity index (χ0) is 20.1. The molecule has 0 amide bonds. The quantitative estimate of drug-likeness (QED) is 0.265. The van der Waals surface area contributed by atoms with Gasteiger partial charge in [0.1, 0.15) is 5.52 Å². The molecule has 4 nitrogen and oxygen atoms in total. The lowest BCUT2D eigenvalue weighted by atomic mass is 10.0. The molecule has 0 atom stereocenters. The Morgan fingerprint density at radius 1 is 0.700 bits per heavy atom. The fourth-order valence-electron chi connectivity index (χ4n) is 3.77. The summed E-state index contributed by atoms with van der Waals surface area (Å²) in [5.41, 5.74) is 6.43. The summed E-state index contributed by atoms with van der Waals surface area (Å²) < 4.78 is 6.92. The molecule has 3 aromatic heterocycles. The first-order valence-corrected chi connectivity index (χ1v) is 10.3. The van der Waals surface area contributed by atoms with Crippen molar-refractivity contribution in [3.63, 3.8) is 0 Å². The summed E-state index contributed by atoms with van der Waals surface area (Å²) in [4.78, 5) is 13.9. The van der Waals surface area contributed by atoms with E-state index in [1.54, 1.807) is 6.20 Å². The van der Waals surface area contributed by atoms with Crippen LogP contribution in [0.25, 0.3) is 55.5 Å². The van der Waals surface area contributed by atoms with Gasteiger partial charge in [-0.25, -0.2) is 4.98 Å². The molecular weight excluding hydrogens is 438 g/mol. The molecule has 0 aliphatic heterocycles. The van der Waals surface area contributed by atoms with Crippen LogP contribution in [0.3, 0.4) is 0 Å². The van der Waals surface area contributed by atoms with Crippen molar-refractivity contribution in [3.8, 4) is 22.6 Å². The molecular formula is C25H14BrN3O. The van der Waals surface area contributed by atoms with E-state index in [-0.39, 0.29) is 0 Å². The van der Waals surface area contributed by atoms with Crippen LogP contribution in [0.15, 0.2) is 94.1 Å². The number of halogens is 1. The zero-order valence-electron chi connectivity index (χ0n) is 15.7. The maximum atomic E-state index is 5.96. The van der Waals surface area contributed by atoms with Crippen LogP contribution < -0.4 is 0 Å². The van der Waals surface area contributed by atoms with Gasteiger partial charge in [0, 0.05) is 38.8 Å². The second-order valence-electron chi connectivity index (χ2n) is 7.15. The first-order chi connectivity index (χ1) is 14.7. The Hall–Kier alpha value is -3.57. The second-order valence-corrected chi connectivity index (χ2v) is 8.07. The minimum Gasteiger partial charge on any atom is -0.436 e. The van der Waals surface area contributed by atoms with Crippen molar-refractivity contribution >= 4 is 48.8 Å². The molecule has 0 radical (unpaired) electrons. The molecule has 30 heavy (non-hydrogen) atoms. The van der Waals surface area contributed by atoms with E-state index in [1.807, 2.05) is 42.6 Å². The predicted molar refractivity (Wildman–Crippen MR) is 123 cm³/mol. The summed E-state index contributed by atoms with van der Waals surface area (Å²) in [7, 11) is 0. The fourth-order valence-corrected chi connectivity index (χ4v) is 4.26. The van der Waals surface area contributed by atoms with Crippen molar-refractivity contribution in [1.82, 2.24) is 15.0 Å². The highest BCUT2D eigenvalue weighted by Crippen LogP contribution is 2.33. The van der Waals surface area contributed by atoms with Crippen molar-refractivity contribution in [2.75, 3.05) is 0 Å². The maximum Gasteiger partial charge on any atom is 0.227 e. The molecule has 0 N–H and O–H groups in total. The SMILES string of the molecule is Brc1cc(-c2cnc3c(ccc4cccnc43)c2)cc(-c2nc3ccccc3o2)c1.